The summed E-state index contributed by atoms with van der Waals surface area (Å²) in [6, 6.07) is 0. The second kappa shape index (κ2) is 7.17. The van der Waals surface area contributed by atoms with Crippen molar-refractivity contribution >= 4 is 5.78 Å². The van der Waals surface area contributed by atoms with Gasteiger partial charge in [0.2, 0.25) is 0 Å². The number of Topliss-reactive ketones (excluding diaryl/α,β-unsaturated/α-hetero) is 1. The zero-order valence-corrected chi connectivity index (χ0v) is 10.1. The molecule has 1 aromatic heterocycles. The summed E-state index contributed by atoms with van der Waals surface area (Å²) in [6.45, 7) is 6.23. The minimum Gasteiger partial charge on any atom is -0.382 e. The fourth-order valence-electron chi connectivity index (χ4n) is 1.50. The normalized spacial score (nSPS) is 10.6. The maximum atomic E-state index is 11.6. The summed E-state index contributed by atoms with van der Waals surface area (Å²) in [5.74, 6) is 0.260. The average molecular weight is 224 g/mol. The number of carbonyl (C=O) groups is 1. The highest BCUT2D eigenvalue weighted by atomic mass is 16.5. The van der Waals surface area contributed by atoms with Gasteiger partial charge in [0.05, 0.1) is 6.20 Å². The van der Waals surface area contributed by atoms with E-state index in [1.807, 2.05) is 24.7 Å². The van der Waals surface area contributed by atoms with Crippen LogP contribution in [-0.2, 0) is 22.5 Å². The molecule has 0 atom stereocenters. The molecule has 90 valence electrons. The number of ketones is 1. The van der Waals surface area contributed by atoms with Gasteiger partial charge in [-0.05, 0) is 25.8 Å². The third-order valence-corrected chi connectivity index (χ3v) is 2.36. The third-order valence-electron chi connectivity index (χ3n) is 2.36. The fourth-order valence-corrected chi connectivity index (χ4v) is 1.50. The molecule has 0 radical (unpaired) electrons. The Morgan fingerprint density at radius 2 is 2.31 bits per heavy atom. The van der Waals surface area contributed by atoms with Crippen LogP contribution in [0.3, 0.4) is 0 Å². The first-order chi connectivity index (χ1) is 7.76. The van der Waals surface area contributed by atoms with Crippen molar-refractivity contribution in [1.29, 1.82) is 0 Å². The zero-order chi connectivity index (χ0) is 11.8. The summed E-state index contributed by atoms with van der Waals surface area (Å²) in [5, 5.41) is 4.14. The predicted molar refractivity (Wildman–Crippen MR) is 62.3 cm³/mol. The maximum absolute atomic E-state index is 11.6. The first-order valence-electron chi connectivity index (χ1n) is 5.87. The number of hydrogen-bond donors (Lipinski definition) is 0. The standard InChI is InChI=1S/C12H20N2O2/c1-3-14-10-11(9-13-14)8-12(15)6-5-7-16-4-2/h9-10H,3-8H2,1-2H3. The second-order valence-electron chi connectivity index (χ2n) is 3.72. The highest BCUT2D eigenvalue weighted by molar-refractivity contribution is 5.80. The zero-order valence-electron chi connectivity index (χ0n) is 10.1. The highest BCUT2D eigenvalue weighted by Gasteiger charge is 2.05. The maximum Gasteiger partial charge on any atom is 0.137 e. The van der Waals surface area contributed by atoms with Gasteiger partial charge in [-0.1, -0.05) is 0 Å². The minimum atomic E-state index is 0.260. The van der Waals surface area contributed by atoms with Crippen LogP contribution in [-0.4, -0.2) is 28.8 Å². The third kappa shape index (κ3) is 4.57. The summed E-state index contributed by atoms with van der Waals surface area (Å²) < 4.78 is 7.02. The van der Waals surface area contributed by atoms with Crippen LogP contribution in [0.2, 0.25) is 0 Å². The Morgan fingerprint density at radius 3 is 2.94 bits per heavy atom. The van der Waals surface area contributed by atoms with Gasteiger partial charge in [-0.15, -0.1) is 0 Å². The Balaban J connectivity index is 2.23. The first kappa shape index (κ1) is 12.9. The predicted octanol–water partition coefficient (Wildman–Crippen LogP) is 1.83. The molecule has 0 aliphatic heterocycles. The quantitative estimate of drug-likeness (QED) is 0.633. The van der Waals surface area contributed by atoms with Gasteiger partial charge in [-0.2, -0.15) is 5.10 Å². The van der Waals surface area contributed by atoms with Crippen molar-refractivity contribution in [3.8, 4) is 0 Å². The number of carbonyl (C=O) groups excluding carboxylic acids is 1. The highest BCUT2D eigenvalue weighted by Crippen LogP contribution is 2.03. The molecule has 0 aliphatic carbocycles. The van der Waals surface area contributed by atoms with Crippen LogP contribution in [0.5, 0.6) is 0 Å². The first-order valence-corrected chi connectivity index (χ1v) is 5.87. The molecule has 0 bridgehead atoms. The van der Waals surface area contributed by atoms with E-state index in [1.165, 1.54) is 0 Å². The number of rotatable bonds is 8. The number of hydrogen-bond acceptors (Lipinski definition) is 3. The largest absolute Gasteiger partial charge is 0.382 e. The van der Waals surface area contributed by atoms with E-state index in [2.05, 4.69) is 5.10 Å². The smallest absolute Gasteiger partial charge is 0.137 e. The summed E-state index contributed by atoms with van der Waals surface area (Å²) in [5.41, 5.74) is 1.00. The summed E-state index contributed by atoms with van der Waals surface area (Å²) in [7, 11) is 0. The molecule has 0 fully saturated rings. The molecule has 1 rings (SSSR count). The molecule has 16 heavy (non-hydrogen) atoms. The molecule has 4 heteroatoms. The molecule has 0 N–H and O–H groups in total. The molecule has 4 nitrogen and oxygen atoms in total. The summed E-state index contributed by atoms with van der Waals surface area (Å²) in [6.07, 6.45) is 5.60. The van der Waals surface area contributed by atoms with Gasteiger partial charge in [-0.3, -0.25) is 9.48 Å². The van der Waals surface area contributed by atoms with Crippen molar-refractivity contribution < 1.29 is 9.53 Å². The van der Waals surface area contributed by atoms with Crippen molar-refractivity contribution in [3.05, 3.63) is 18.0 Å². The summed E-state index contributed by atoms with van der Waals surface area (Å²) >= 11 is 0. The lowest BCUT2D eigenvalue weighted by Crippen LogP contribution is -2.04. The molecule has 0 aromatic carbocycles. The monoisotopic (exact) mass is 224 g/mol. The topological polar surface area (TPSA) is 44.1 Å². The number of nitrogens with zero attached hydrogens (tertiary/aromatic N) is 2. The van der Waals surface area contributed by atoms with Gasteiger partial charge in [0.25, 0.3) is 0 Å². The van der Waals surface area contributed by atoms with Crippen LogP contribution in [0.1, 0.15) is 32.3 Å². The van der Waals surface area contributed by atoms with E-state index >= 15 is 0 Å². The molecule has 0 spiro atoms. The number of ether oxygens (including phenoxy) is 1. The molecular weight excluding hydrogens is 204 g/mol. The lowest BCUT2D eigenvalue weighted by atomic mass is 10.1. The van der Waals surface area contributed by atoms with E-state index in [-0.39, 0.29) is 5.78 Å². The molecule has 0 saturated heterocycles. The Kier molecular flexibility index (Phi) is 5.78. The van der Waals surface area contributed by atoms with E-state index in [1.54, 1.807) is 6.20 Å². The van der Waals surface area contributed by atoms with Crippen molar-refractivity contribution in [3.63, 3.8) is 0 Å². The molecule has 1 aromatic rings. The van der Waals surface area contributed by atoms with Gasteiger partial charge in [0.15, 0.2) is 0 Å². The van der Waals surface area contributed by atoms with Crippen LogP contribution in [0, 0.1) is 0 Å². The molecule has 0 amide bonds. The van der Waals surface area contributed by atoms with E-state index in [4.69, 9.17) is 4.74 Å². The minimum absolute atomic E-state index is 0.260. The van der Waals surface area contributed by atoms with Gasteiger partial charge in [-0.25, -0.2) is 0 Å². The fraction of sp³-hybridized carbons (Fsp3) is 0.667. The Bertz CT molecular complexity index is 321. The van der Waals surface area contributed by atoms with Crippen LogP contribution in [0.4, 0.5) is 0 Å². The van der Waals surface area contributed by atoms with E-state index in [9.17, 15) is 4.79 Å². The second-order valence-corrected chi connectivity index (χ2v) is 3.72. The molecule has 1 heterocycles. The van der Waals surface area contributed by atoms with Crippen molar-refractivity contribution in [1.82, 2.24) is 9.78 Å². The van der Waals surface area contributed by atoms with Crippen LogP contribution >= 0.6 is 0 Å². The van der Waals surface area contributed by atoms with Crippen molar-refractivity contribution in [2.24, 2.45) is 0 Å². The van der Waals surface area contributed by atoms with Crippen molar-refractivity contribution in [2.75, 3.05) is 13.2 Å². The average Bonchev–Trinajstić information content (AvgIpc) is 2.72. The van der Waals surface area contributed by atoms with Gasteiger partial charge in [0.1, 0.15) is 5.78 Å². The van der Waals surface area contributed by atoms with Crippen molar-refractivity contribution in [2.45, 2.75) is 39.7 Å². The summed E-state index contributed by atoms with van der Waals surface area (Å²) in [4.78, 5) is 11.6. The number of aryl methyl sites for hydroxylation is 1. The van der Waals surface area contributed by atoms with Gasteiger partial charge in [0, 0.05) is 38.8 Å². The lowest BCUT2D eigenvalue weighted by Gasteiger charge is -2.00. The Morgan fingerprint density at radius 1 is 1.50 bits per heavy atom. The lowest BCUT2D eigenvalue weighted by molar-refractivity contribution is -0.118. The van der Waals surface area contributed by atoms with Gasteiger partial charge < -0.3 is 4.74 Å². The van der Waals surface area contributed by atoms with Crippen LogP contribution in [0.25, 0.3) is 0 Å². The number of aromatic nitrogens is 2. The molecule has 0 saturated carbocycles. The molecule has 0 unspecified atom stereocenters. The molecular formula is C12H20N2O2. The van der Waals surface area contributed by atoms with E-state index < -0.39 is 0 Å². The van der Waals surface area contributed by atoms with Crippen LogP contribution in [0.15, 0.2) is 12.4 Å². The van der Waals surface area contributed by atoms with Crippen LogP contribution < -0.4 is 0 Å². The Labute approximate surface area is 96.6 Å². The SMILES string of the molecule is CCOCCCC(=O)Cc1cnn(CC)c1. The van der Waals surface area contributed by atoms with E-state index in [0.29, 0.717) is 19.4 Å². The molecule has 0 aliphatic rings. The van der Waals surface area contributed by atoms with Gasteiger partial charge >= 0.3 is 0 Å². The van der Waals surface area contributed by atoms with E-state index in [0.717, 1.165) is 25.1 Å². The Hall–Kier alpha value is -1.16.